The summed E-state index contributed by atoms with van der Waals surface area (Å²) < 4.78 is 0. The predicted octanol–water partition coefficient (Wildman–Crippen LogP) is 6.49. The van der Waals surface area contributed by atoms with Crippen molar-refractivity contribution in [2.45, 2.75) is 104 Å². The number of nitrogens with one attached hydrogen (secondary N) is 1. The molecule has 0 aliphatic rings. The van der Waals surface area contributed by atoms with Crippen LogP contribution in [0.5, 0.6) is 0 Å². The van der Waals surface area contributed by atoms with E-state index in [4.69, 9.17) is 0 Å². The van der Waals surface area contributed by atoms with Gasteiger partial charge in [0.25, 0.3) is 0 Å². The van der Waals surface area contributed by atoms with Gasteiger partial charge in [0.05, 0.1) is 0 Å². The lowest BCUT2D eigenvalue weighted by Gasteiger charge is -2.27. The number of unbranched alkanes of at least 4 members (excludes halogenated alkanes) is 9. The number of hydrogen-bond acceptors (Lipinski definition) is 1. The number of rotatable bonds is 15. The fourth-order valence-corrected chi connectivity index (χ4v) is 2.72. The van der Waals surface area contributed by atoms with Gasteiger partial charge >= 0.3 is 0 Å². The molecular formula is C20H41N. The predicted molar refractivity (Wildman–Crippen MR) is 97.9 cm³/mol. The molecule has 1 heteroatoms. The summed E-state index contributed by atoms with van der Waals surface area (Å²) >= 11 is 0. The van der Waals surface area contributed by atoms with E-state index in [-0.39, 0.29) is 5.41 Å². The highest BCUT2D eigenvalue weighted by atomic mass is 14.9. The summed E-state index contributed by atoms with van der Waals surface area (Å²) in [4.78, 5) is 0. The van der Waals surface area contributed by atoms with Crippen molar-refractivity contribution >= 4 is 0 Å². The van der Waals surface area contributed by atoms with Crippen LogP contribution in [0.2, 0.25) is 0 Å². The van der Waals surface area contributed by atoms with Gasteiger partial charge in [0.2, 0.25) is 0 Å². The molecule has 0 saturated carbocycles. The first kappa shape index (κ1) is 20.7. The third-order valence-corrected chi connectivity index (χ3v) is 4.51. The Hall–Kier alpha value is -0.300. The van der Waals surface area contributed by atoms with E-state index in [0.29, 0.717) is 6.04 Å². The van der Waals surface area contributed by atoms with Crippen molar-refractivity contribution in [2.24, 2.45) is 5.41 Å². The molecule has 0 aromatic carbocycles. The third-order valence-electron chi connectivity index (χ3n) is 4.51. The molecule has 0 saturated heterocycles. The molecule has 0 bridgehead atoms. The summed E-state index contributed by atoms with van der Waals surface area (Å²) in [5, 5.41) is 3.55. The molecule has 0 rings (SSSR count). The zero-order valence-corrected chi connectivity index (χ0v) is 15.3. The van der Waals surface area contributed by atoms with Crippen molar-refractivity contribution in [3.63, 3.8) is 0 Å². The van der Waals surface area contributed by atoms with Crippen LogP contribution in [0.15, 0.2) is 12.7 Å². The van der Waals surface area contributed by atoms with Crippen molar-refractivity contribution in [1.29, 1.82) is 0 Å². The van der Waals surface area contributed by atoms with Gasteiger partial charge in [-0.05, 0) is 11.8 Å². The van der Waals surface area contributed by atoms with E-state index in [0.717, 1.165) is 6.54 Å². The maximum atomic E-state index is 4.03. The van der Waals surface area contributed by atoms with Crippen LogP contribution >= 0.6 is 0 Å². The summed E-state index contributed by atoms with van der Waals surface area (Å²) in [5.41, 5.74) is 0.268. The SMILES string of the molecule is C=CC(C)(CCCCCCCCCCCC)CNC(C)C. The topological polar surface area (TPSA) is 12.0 Å². The molecule has 0 spiro atoms. The van der Waals surface area contributed by atoms with Gasteiger partial charge < -0.3 is 5.32 Å². The van der Waals surface area contributed by atoms with Gasteiger partial charge in [0.15, 0.2) is 0 Å². The average Bonchev–Trinajstić information content (AvgIpc) is 2.47. The van der Waals surface area contributed by atoms with Crippen molar-refractivity contribution < 1.29 is 0 Å². The molecule has 0 heterocycles. The van der Waals surface area contributed by atoms with Crippen molar-refractivity contribution in [1.82, 2.24) is 5.32 Å². The molecule has 1 nitrogen and oxygen atoms in total. The van der Waals surface area contributed by atoms with Crippen molar-refractivity contribution in [2.75, 3.05) is 6.54 Å². The zero-order valence-electron chi connectivity index (χ0n) is 15.3. The molecule has 0 amide bonds. The van der Waals surface area contributed by atoms with Gasteiger partial charge in [-0.2, -0.15) is 0 Å². The normalized spacial score (nSPS) is 14.3. The fraction of sp³-hybridized carbons (Fsp3) is 0.900. The lowest BCUT2D eigenvalue weighted by atomic mass is 9.84. The maximum Gasteiger partial charge on any atom is 0.00421 e. The van der Waals surface area contributed by atoms with E-state index >= 15 is 0 Å². The van der Waals surface area contributed by atoms with Crippen LogP contribution in [-0.4, -0.2) is 12.6 Å². The summed E-state index contributed by atoms with van der Waals surface area (Å²) in [6, 6.07) is 0.567. The van der Waals surface area contributed by atoms with Crippen LogP contribution in [0.4, 0.5) is 0 Å². The Bertz CT molecular complexity index is 234. The molecule has 0 fully saturated rings. The first-order valence-corrected chi connectivity index (χ1v) is 9.41. The maximum absolute atomic E-state index is 4.03. The Balaban J connectivity index is 3.48. The number of hydrogen-bond donors (Lipinski definition) is 1. The zero-order chi connectivity index (χ0) is 16.0. The van der Waals surface area contributed by atoms with E-state index in [1.807, 2.05) is 0 Å². The molecule has 1 N–H and O–H groups in total. The minimum absolute atomic E-state index is 0.268. The van der Waals surface area contributed by atoms with Crippen LogP contribution in [0.1, 0.15) is 98.3 Å². The first-order valence-electron chi connectivity index (χ1n) is 9.41. The smallest absolute Gasteiger partial charge is 0.00421 e. The van der Waals surface area contributed by atoms with Gasteiger partial charge in [0, 0.05) is 12.6 Å². The van der Waals surface area contributed by atoms with Gasteiger partial charge in [-0.15, -0.1) is 6.58 Å². The molecular weight excluding hydrogens is 254 g/mol. The Morgan fingerprint density at radius 1 is 0.905 bits per heavy atom. The van der Waals surface area contributed by atoms with Crippen LogP contribution in [0.25, 0.3) is 0 Å². The standard InChI is InChI=1S/C20H41N/c1-6-8-9-10-11-12-13-14-15-16-17-20(5,7-2)18-21-19(3)4/h7,19,21H,2,6,8-18H2,1,3-5H3. The summed E-state index contributed by atoms with van der Waals surface area (Å²) in [6.45, 7) is 14.1. The molecule has 0 aliphatic heterocycles. The minimum Gasteiger partial charge on any atom is -0.314 e. The van der Waals surface area contributed by atoms with Gasteiger partial charge in [0.1, 0.15) is 0 Å². The van der Waals surface area contributed by atoms with E-state index < -0.39 is 0 Å². The molecule has 0 radical (unpaired) electrons. The van der Waals surface area contributed by atoms with E-state index in [9.17, 15) is 0 Å². The molecule has 0 aromatic heterocycles. The monoisotopic (exact) mass is 295 g/mol. The van der Waals surface area contributed by atoms with Crippen LogP contribution in [-0.2, 0) is 0 Å². The lowest BCUT2D eigenvalue weighted by molar-refractivity contribution is 0.335. The van der Waals surface area contributed by atoms with Crippen molar-refractivity contribution in [3.8, 4) is 0 Å². The molecule has 1 unspecified atom stereocenters. The van der Waals surface area contributed by atoms with Crippen LogP contribution in [0, 0.1) is 5.41 Å². The highest BCUT2D eigenvalue weighted by Gasteiger charge is 2.19. The second kappa shape index (κ2) is 13.4. The Morgan fingerprint density at radius 2 is 1.38 bits per heavy atom. The van der Waals surface area contributed by atoms with E-state index in [2.05, 4.69) is 45.7 Å². The second-order valence-corrected chi connectivity index (χ2v) is 7.33. The Labute approximate surface area is 135 Å². The van der Waals surface area contributed by atoms with Crippen molar-refractivity contribution in [3.05, 3.63) is 12.7 Å². The Kier molecular flexibility index (Phi) is 13.2. The largest absolute Gasteiger partial charge is 0.314 e. The fourth-order valence-electron chi connectivity index (χ4n) is 2.72. The van der Waals surface area contributed by atoms with E-state index in [1.165, 1.54) is 70.6 Å². The lowest BCUT2D eigenvalue weighted by Crippen LogP contribution is -2.34. The third kappa shape index (κ3) is 13.1. The highest BCUT2D eigenvalue weighted by molar-refractivity contribution is 4.93. The van der Waals surface area contributed by atoms with Gasteiger partial charge in [-0.3, -0.25) is 0 Å². The minimum atomic E-state index is 0.268. The van der Waals surface area contributed by atoms with E-state index in [1.54, 1.807) is 0 Å². The molecule has 126 valence electrons. The van der Waals surface area contributed by atoms with Crippen LogP contribution in [0.3, 0.4) is 0 Å². The summed E-state index contributed by atoms with van der Waals surface area (Å²) in [6.07, 6.45) is 17.6. The quantitative estimate of drug-likeness (QED) is 0.269. The first-order chi connectivity index (χ1) is 10.0. The molecule has 0 aromatic rings. The van der Waals surface area contributed by atoms with Gasteiger partial charge in [-0.25, -0.2) is 0 Å². The highest BCUT2D eigenvalue weighted by Crippen LogP contribution is 2.25. The second-order valence-electron chi connectivity index (χ2n) is 7.33. The Morgan fingerprint density at radius 3 is 1.81 bits per heavy atom. The molecule has 1 atom stereocenters. The summed E-state index contributed by atoms with van der Waals surface area (Å²) in [5.74, 6) is 0. The average molecular weight is 296 g/mol. The van der Waals surface area contributed by atoms with Crippen LogP contribution < -0.4 is 5.32 Å². The van der Waals surface area contributed by atoms with Gasteiger partial charge in [-0.1, -0.05) is 98.0 Å². The molecule has 0 aliphatic carbocycles. The molecule has 21 heavy (non-hydrogen) atoms. The summed E-state index contributed by atoms with van der Waals surface area (Å²) in [7, 11) is 0.